The van der Waals surface area contributed by atoms with Gasteiger partial charge in [-0.05, 0) is 47.0 Å². The molecule has 0 atom stereocenters. The number of hydrogen-bond acceptors (Lipinski definition) is 5. The molecule has 0 radical (unpaired) electrons. The second-order valence-electron chi connectivity index (χ2n) is 7.57. The quantitative estimate of drug-likeness (QED) is 0.213. The number of hydrogen-bond donors (Lipinski definition) is 2. The Morgan fingerprint density at radius 3 is 2.43 bits per heavy atom. The molecular formula is C19H39IN4O4. The Balaban J connectivity index is 0.00000729. The van der Waals surface area contributed by atoms with E-state index in [4.69, 9.17) is 14.2 Å². The Bertz CT molecular complexity index is 450. The lowest BCUT2D eigenvalue weighted by Crippen LogP contribution is -2.47. The van der Waals surface area contributed by atoms with Gasteiger partial charge >= 0.3 is 6.09 Å². The van der Waals surface area contributed by atoms with Crippen LogP contribution in [0, 0.1) is 0 Å². The largest absolute Gasteiger partial charge is 0.444 e. The molecule has 1 fully saturated rings. The van der Waals surface area contributed by atoms with Crippen molar-refractivity contribution in [3.63, 3.8) is 0 Å². The summed E-state index contributed by atoms with van der Waals surface area (Å²) in [5.74, 6) is 0.890. The number of likely N-dealkylation sites (tertiary alicyclic amines) is 1. The van der Waals surface area contributed by atoms with E-state index in [1.165, 1.54) is 0 Å². The zero-order valence-corrected chi connectivity index (χ0v) is 20.4. The van der Waals surface area contributed by atoms with Crippen molar-refractivity contribution in [3.8, 4) is 0 Å². The minimum atomic E-state index is -0.488. The highest BCUT2D eigenvalue weighted by atomic mass is 127. The fraction of sp³-hybridized carbons (Fsp3) is 0.895. The zero-order valence-electron chi connectivity index (χ0n) is 18.1. The van der Waals surface area contributed by atoms with Crippen LogP contribution in [-0.2, 0) is 14.2 Å². The molecule has 166 valence electrons. The molecule has 0 spiro atoms. The predicted octanol–water partition coefficient (Wildman–Crippen LogP) is 2.61. The van der Waals surface area contributed by atoms with E-state index in [-0.39, 0.29) is 24.0 Å². The van der Waals surface area contributed by atoms with Crippen molar-refractivity contribution < 1.29 is 19.0 Å². The smallest absolute Gasteiger partial charge is 0.407 e. The minimum Gasteiger partial charge on any atom is -0.444 e. The molecule has 1 heterocycles. The number of rotatable bonds is 9. The van der Waals surface area contributed by atoms with Gasteiger partial charge in [-0.3, -0.25) is 4.99 Å². The normalized spacial score (nSPS) is 15.8. The Morgan fingerprint density at radius 2 is 1.86 bits per heavy atom. The molecule has 9 heteroatoms. The van der Waals surface area contributed by atoms with Gasteiger partial charge in [-0.15, -0.1) is 24.0 Å². The SMILES string of the molecule is CCNC(=NCCNC(=O)OC(C)(C)C)N1CCC(OCCCOC)CC1.I. The minimum absolute atomic E-state index is 0. The fourth-order valence-electron chi connectivity index (χ4n) is 2.75. The number of methoxy groups -OCH3 is 1. The molecule has 0 aromatic carbocycles. The van der Waals surface area contributed by atoms with Crippen LogP contribution < -0.4 is 10.6 Å². The number of guanidine groups is 1. The first-order valence-electron chi connectivity index (χ1n) is 9.96. The molecule has 28 heavy (non-hydrogen) atoms. The highest BCUT2D eigenvalue weighted by Gasteiger charge is 2.22. The lowest BCUT2D eigenvalue weighted by molar-refractivity contribution is 0.00989. The number of carbonyl (C=O) groups is 1. The second-order valence-corrected chi connectivity index (χ2v) is 7.57. The average molecular weight is 514 g/mol. The van der Waals surface area contributed by atoms with Crippen LogP contribution in [0.4, 0.5) is 4.79 Å². The van der Waals surface area contributed by atoms with Crippen LogP contribution in [0.25, 0.3) is 0 Å². The van der Waals surface area contributed by atoms with Crippen LogP contribution >= 0.6 is 24.0 Å². The van der Waals surface area contributed by atoms with Crippen molar-refractivity contribution in [2.24, 2.45) is 4.99 Å². The molecule has 2 N–H and O–H groups in total. The van der Waals surface area contributed by atoms with E-state index in [1.807, 2.05) is 20.8 Å². The van der Waals surface area contributed by atoms with E-state index in [9.17, 15) is 4.79 Å². The van der Waals surface area contributed by atoms with Crippen LogP contribution in [-0.4, -0.2) is 81.7 Å². The molecule has 0 bridgehead atoms. The first-order valence-corrected chi connectivity index (χ1v) is 9.96. The number of piperidine rings is 1. The summed E-state index contributed by atoms with van der Waals surface area (Å²) in [7, 11) is 1.71. The topological polar surface area (TPSA) is 84.4 Å². The van der Waals surface area contributed by atoms with E-state index < -0.39 is 11.7 Å². The van der Waals surface area contributed by atoms with E-state index >= 15 is 0 Å². The lowest BCUT2D eigenvalue weighted by Gasteiger charge is -2.34. The van der Waals surface area contributed by atoms with Crippen molar-refractivity contribution in [3.05, 3.63) is 0 Å². The Hall–Kier alpha value is -0.810. The van der Waals surface area contributed by atoms with Crippen LogP contribution in [0.3, 0.4) is 0 Å². The molecule has 0 saturated carbocycles. The third-order valence-electron chi connectivity index (χ3n) is 3.96. The third kappa shape index (κ3) is 12.6. The van der Waals surface area contributed by atoms with Crippen LogP contribution in [0.1, 0.15) is 47.0 Å². The molecule has 1 aliphatic heterocycles. The summed E-state index contributed by atoms with van der Waals surface area (Å²) in [6.45, 7) is 12.7. The van der Waals surface area contributed by atoms with Crippen molar-refractivity contribution in [2.45, 2.75) is 58.7 Å². The predicted molar refractivity (Wildman–Crippen MR) is 123 cm³/mol. The van der Waals surface area contributed by atoms with E-state index in [2.05, 4.69) is 27.4 Å². The van der Waals surface area contributed by atoms with Gasteiger partial charge < -0.3 is 29.7 Å². The molecule has 1 rings (SSSR count). The Morgan fingerprint density at radius 1 is 1.18 bits per heavy atom. The summed E-state index contributed by atoms with van der Waals surface area (Å²) in [5, 5.41) is 6.06. The number of carbonyl (C=O) groups excluding carboxylic acids is 1. The molecular weight excluding hydrogens is 475 g/mol. The number of nitrogens with one attached hydrogen (secondary N) is 2. The number of aliphatic imine (C=N–C) groups is 1. The van der Waals surface area contributed by atoms with Gasteiger partial charge in [-0.2, -0.15) is 0 Å². The Kier molecular flexibility index (Phi) is 14.6. The summed E-state index contributed by atoms with van der Waals surface area (Å²) >= 11 is 0. The first kappa shape index (κ1) is 27.2. The van der Waals surface area contributed by atoms with Gasteiger partial charge in [0.2, 0.25) is 0 Å². The van der Waals surface area contributed by atoms with Crippen LogP contribution in [0.5, 0.6) is 0 Å². The number of halogens is 1. The highest BCUT2D eigenvalue weighted by Crippen LogP contribution is 2.14. The van der Waals surface area contributed by atoms with E-state index in [0.29, 0.717) is 19.2 Å². The maximum atomic E-state index is 11.7. The van der Waals surface area contributed by atoms with Crippen molar-refractivity contribution in [2.75, 3.05) is 53.0 Å². The van der Waals surface area contributed by atoms with E-state index in [0.717, 1.165) is 58.1 Å². The highest BCUT2D eigenvalue weighted by molar-refractivity contribution is 14.0. The van der Waals surface area contributed by atoms with Crippen molar-refractivity contribution in [1.29, 1.82) is 0 Å². The molecule has 1 amide bonds. The second kappa shape index (κ2) is 15.1. The number of ether oxygens (including phenoxy) is 3. The standard InChI is InChI=1S/C19H38N4O4.HI/c1-6-20-17(21-10-11-22-18(24)27-19(2,3)4)23-12-8-16(9-13-23)26-15-7-14-25-5;/h16H,6-15H2,1-5H3,(H,20,21)(H,22,24);1H. The average Bonchev–Trinajstić information content (AvgIpc) is 2.60. The van der Waals surface area contributed by atoms with Gasteiger partial charge in [-0.1, -0.05) is 0 Å². The van der Waals surface area contributed by atoms with Crippen molar-refractivity contribution >= 4 is 36.0 Å². The summed E-state index contributed by atoms with van der Waals surface area (Å²) < 4.78 is 16.2. The van der Waals surface area contributed by atoms with Gasteiger partial charge in [0.1, 0.15) is 5.60 Å². The summed E-state index contributed by atoms with van der Waals surface area (Å²) in [6.07, 6.45) is 2.83. The number of nitrogens with zero attached hydrogens (tertiary/aromatic N) is 2. The van der Waals surface area contributed by atoms with Gasteiger partial charge in [0, 0.05) is 46.5 Å². The molecule has 8 nitrogen and oxygen atoms in total. The van der Waals surface area contributed by atoms with E-state index in [1.54, 1.807) is 7.11 Å². The molecule has 1 aliphatic rings. The van der Waals surface area contributed by atoms with Crippen LogP contribution in [0.15, 0.2) is 4.99 Å². The summed E-state index contributed by atoms with van der Waals surface area (Å²) in [5.41, 5.74) is -0.488. The molecule has 1 saturated heterocycles. The maximum absolute atomic E-state index is 11.7. The van der Waals surface area contributed by atoms with Gasteiger partial charge in [0.25, 0.3) is 0 Å². The van der Waals surface area contributed by atoms with Gasteiger partial charge in [0.15, 0.2) is 5.96 Å². The first-order chi connectivity index (χ1) is 12.9. The Labute approximate surface area is 187 Å². The lowest BCUT2D eigenvalue weighted by atomic mass is 10.1. The van der Waals surface area contributed by atoms with Crippen LogP contribution in [0.2, 0.25) is 0 Å². The molecule has 0 aromatic rings. The monoisotopic (exact) mass is 514 g/mol. The number of alkyl carbamates (subject to hydrolysis) is 1. The van der Waals surface area contributed by atoms with Gasteiger partial charge in [0.05, 0.1) is 12.6 Å². The maximum Gasteiger partial charge on any atom is 0.407 e. The fourth-order valence-corrected chi connectivity index (χ4v) is 2.75. The molecule has 0 unspecified atom stereocenters. The van der Waals surface area contributed by atoms with Crippen molar-refractivity contribution in [1.82, 2.24) is 15.5 Å². The number of amides is 1. The van der Waals surface area contributed by atoms with Gasteiger partial charge in [-0.25, -0.2) is 4.79 Å². The summed E-state index contributed by atoms with van der Waals surface area (Å²) in [4.78, 5) is 18.5. The third-order valence-corrected chi connectivity index (χ3v) is 3.96. The molecule has 0 aliphatic carbocycles. The zero-order chi connectivity index (χ0) is 20.1. The summed E-state index contributed by atoms with van der Waals surface area (Å²) in [6, 6.07) is 0. The molecule has 0 aromatic heterocycles.